The molecule has 1 amide bonds. The Morgan fingerprint density at radius 1 is 1.21 bits per heavy atom. The van der Waals surface area contributed by atoms with Crippen molar-refractivity contribution in [2.45, 2.75) is 6.92 Å². The number of benzene rings is 2. The molecule has 24 heavy (non-hydrogen) atoms. The summed E-state index contributed by atoms with van der Waals surface area (Å²) < 4.78 is 4.66. The minimum Gasteiger partial charge on any atom is -0.465 e. The molecule has 0 saturated carbocycles. The lowest BCUT2D eigenvalue weighted by molar-refractivity contribution is -0.385. The van der Waals surface area contributed by atoms with E-state index in [9.17, 15) is 19.7 Å². The molecule has 0 aromatic heterocycles. The number of hydrogen-bond donors (Lipinski definition) is 1. The van der Waals surface area contributed by atoms with Crippen LogP contribution in [0.3, 0.4) is 0 Å². The number of esters is 1. The van der Waals surface area contributed by atoms with Crippen LogP contribution in [0.4, 0.5) is 11.4 Å². The second-order valence-corrected chi connectivity index (χ2v) is 5.28. The Morgan fingerprint density at radius 2 is 1.92 bits per heavy atom. The van der Waals surface area contributed by atoms with E-state index in [0.29, 0.717) is 5.02 Å². The number of rotatable bonds is 4. The summed E-state index contributed by atoms with van der Waals surface area (Å²) in [4.78, 5) is 34.6. The van der Waals surface area contributed by atoms with Crippen LogP contribution in [0.5, 0.6) is 0 Å². The summed E-state index contributed by atoms with van der Waals surface area (Å²) in [5.41, 5.74) is 0.485. The standard InChI is InChI=1S/C16H13ClN2O5/c1-9-11(4-3-5-14(9)19(22)23)15(20)18-13-7-6-10(17)8-12(13)16(21)24-2/h3-8H,1-2H3,(H,18,20). The van der Waals surface area contributed by atoms with Gasteiger partial charge in [-0.05, 0) is 31.2 Å². The molecule has 7 nitrogen and oxygen atoms in total. The van der Waals surface area contributed by atoms with Crippen LogP contribution in [-0.2, 0) is 4.74 Å². The topological polar surface area (TPSA) is 98.5 Å². The molecule has 0 heterocycles. The third-order valence-electron chi connectivity index (χ3n) is 3.38. The second kappa shape index (κ2) is 7.10. The van der Waals surface area contributed by atoms with Crippen molar-refractivity contribution in [3.63, 3.8) is 0 Å². The molecule has 0 atom stereocenters. The first kappa shape index (κ1) is 17.4. The number of ether oxygens (including phenoxy) is 1. The van der Waals surface area contributed by atoms with Gasteiger partial charge in [-0.25, -0.2) is 4.79 Å². The highest BCUT2D eigenvalue weighted by atomic mass is 35.5. The van der Waals surface area contributed by atoms with Gasteiger partial charge >= 0.3 is 5.97 Å². The molecule has 2 aromatic carbocycles. The highest BCUT2D eigenvalue weighted by Gasteiger charge is 2.20. The number of amides is 1. The van der Waals surface area contributed by atoms with E-state index < -0.39 is 16.8 Å². The van der Waals surface area contributed by atoms with E-state index in [4.69, 9.17) is 11.6 Å². The number of nitro benzene ring substituents is 1. The summed E-state index contributed by atoms with van der Waals surface area (Å²) in [6, 6.07) is 8.52. The zero-order valence-corrected chi connectivity index (χ0v) is 13.6. The number of methoxy groups -OCH3 is 1. The van der Waals surface area contributed by atoms with Gasteiger partial charge in [0, 0.05) is 22.2 Å². The maximum atomic E-state index is 12.4. The maximum Gasteiger partial charge on any atom is 0.340 e. The van der Waals surface area contributed by atoms with Gasteiger partial charge in [0.2, 0.25) is 0 Å². The first-order valence-corrected chi connectivity index (χ1v) is 7.16. The number of nitro groups is 1. The third-order valence-corrected chi connectivity index (χ3v) is 3.62. The molecular weight excluding hydrogens is 336 g/mol. The molecule has 0 spiro atoms. The van der Waals surface area contributed by atoms with Gasteiger partial charge in [-0.3, -0.25) is 14.9 Å². The average Bonchev–Trinajstić information content (AvgIpc) is 2.55. The number of carbonyl (C=O) groups is 2. The van der Waals surface area contributed by atoms with Gasteiger partial charge in [0.15, 0.2) is 0 Å². The lowest BCUT2D eigenvalue weighted by Gasteiger charge is -2.11. The van der Waals surface area contributed by atoms with E-state index >= 15 is 0 Å². The summed E-state index contributed by atoms with van der Waals surface area (Å²) in [6.45, 7) is 1.48. The largest absolute Gasteiger partial charge is 0.465 e. The molecule has 8 heteroatoms. The highest BCUT2D eigenvalue weighted by Crippen LogP contribution is 2.25. The molecular formula is C16H13ClN2O5. The maximum absolute atomic E-state index is 12.4. The van der Waals surface area contributed by atoms with Crippen LogP contribution < -0.4 is 5.32 Å². The van der Waals surface area contributed by atoms with Crippen molar-refractivity contribution in [3.8, 4) is 0 Å². The first-order chi connectivity index (χ1) is 11.3. The normalized spacial score (nSPS) is 10.1. The summed E-state index contributed by atoms with van der Waals surface area (Å²) in [6.07, 6.45) is 0. The summed E-state index contributed by atoms with van der Waals surface area (Å²) in [7, 11) is 1.21. The Bertz CT molecular complexity index is 835. The zero-order valence-electron chi connectivity index (χ0n) is 12.8. The smallest absolute Gasteiger partial charge is 0.340 e. The van der Waals surface area contributed by atoms with Crippen molar-refractivity contribution >= 4 is 34.9 Å². The van der Waals surface area contributed by atoms with Gasteiger partial charge in [0.1, 0.15) is 0 Å². The Hall–Kier alpha value is -2.93. The average molecular weight is 349 g/mol. The van der Waals surface area contributed by atoms with Gasteiger partial charge < -0.3 is 10.1 Å². The lowest BCUT2D eigenvalue weighted by atomic mass is 10.1. The van der Waals surface area contributed by atoms with Crippen molar-refractivity contribution in [2.75, 3.05) is 12.4 Å². The van der Waals surface area contributed by atoms with Crippen molar-refractivity contribution in [1.29, 1.82) is 0 Å². The second-order valence-electron chi connectivity index (χ2n) is 4.84. The highest BCUT2D eigenvalue weighted by molar-refractivity contribution is 6.31. The monoisotopic (exact) mass is 348 g/mol. The quantitative estimate of drug-likeness (QED) is 0.517. The van der Waals surface area contributed by atoms with Crippen LogP contribution in [-0.4, -0.2) is 23.9 Å². The predicted octanol–water partition coefficient (Wildman–Crippen LogP) is 3.60. The number of halogens is 1. The molecule has 0 aliphatic rings. The van der Waals surface area contributed by atoms with Crippen molar-refractivity contribution < 1.29 is 19.2 Å². The number of nitrogens with zero attached hydrogens (tertiary/aromatic N) is 1. The van der Waals surface area contributed by atoms with E-state index in [-0.39, 0.29) is 28.1 Å². The fourth-order valence-electron chi connectivity index (χ4n) is 2.16. The Labute approximate surface area is 142 Å². The summed E-state index contributed by atoms with van der Waals surface area (Å²) >= 11 is 5.86. The van der Waals surface area contributed by atoms with Crippen LogP contribution in [0.1, 0.15) is 26.3 Å². The molecule has 0 aliphatic carbocycles. The van der Waals surface area contributed by atoms with Crippen LogP contribution in [0.2, 0.25) is 5.02 Å². The third kappa shape index (κ3) is 3.52. The fraction of sp³-hybridized carbons (Fsp3) is 0.125. The number of nitrogens with one attached hydrogen (secondary N) is 1. The first-order valence-electron chi connectivity index (χ1n) is 6.78. The predicted molar refractivity (Wildman–Crippen MR) is 88.6 cm³/mol. The fourth-order valence-corrected chi connectivity index (χ4v) is 2.33. The minimum absolute atomic E-state index is 0.0847. The molecule has 0 aliphatic heterocycles. The summed E-state index contributed by atoms with van der Waals surface area (Å²) in [5, 5.41) is 13.8. The van der Waals surface area contributed by atoms with Crippen LogP contribution in [0, 0.1) is 17.0 Å². The number of carbonyl (C=O) groups excluding carboxylic acids is 2. The zero-order chi connectivity index (χ0) is 17.9. The van der Waals surface area contributed by atoms with E-state index in [0.717, 1.165) is 0 Å². The molecule has 2 aromatic rings. The Morgan fingerprint density at radius 3 is 2.54 bits per heavy atom. The SMILES string of the molecule is COC(=O)c1cc(Cl)ccc1NC(=O)c1cccc([N+](=O)[O-])c1C. The van der Waals surface area contributed by atoms with E-state index in [1.54, 1.807) is 0 Å². The van der Waals surface area contributed by atoms with Crippen molar-refractivity contribution in [3.05, 3.63) is 68.2 Å². The van der Waals surface area contributed by atoms with Crippen LogP contribution in [0.15, 0.2) is 36.4 Å². The molecule has 124 valence electrons. The molecule has 2 rings (SSSR count). The lowest BCUT2D eigenvalue weighted by Crippen LogP contribution is -2.17. The molecule has 0 fully saturated rings. The molecule has 1 N–H and O–H groups in total. The van der Waals surface area contributed by atoms with Gasteiger partial charge in [0.05, 0.1) is 23.3 Å². The van der Waals surface area contributed by atoms with Gasteiger partial charge in [-0.1, -0.05) is 17.7 Å². The van der Waals surface area contributed by atoms with Crippen molar-refractivity contribution in [1.82, 2.24) is 0 Å². The number of anilines is 1. The number of hydrogen-bond acceptors (Lipinski definition) is 5. The molecule has 0 saturated heterocycles. The Kier molecular flexibility index (Phi) is 5.15. The molecule has 0 radical (unpaired) electrons. The summed E-state index contributed by atoms with van der Waals surface area (Å²) in [5.74, 6) is -1.24. The van der Waals surface area contributed by atoms with Crippen LogP contribution in [0.25, 0.3) is 0 Å². The molecule has 0 bridgehead atoms. The van der Waals surface area contributed by atoms with E-state index in [2.05, 4.69) is 10.1 Å². The van der Waals surface area contributed by atoms with Gasteiger partial charge in [0.25, 0.3) is 11.6 Å². The van der Waals surface area contributed by atoms with Gasteiger partial charge in [-0.2, -0.15) is 0 Å². The van der Waals surface area contributed by atoms with E-state index in [1.807, 2.05) is 0 Å². The van der Waals surface area contributed by atoms with Gasteiger partial charge in [-0.15, -0.1) is 0 Å². The van der Waals surface area contributed by atoms with Crippen LogP contribution >= 0.6 is 11.6 Å². The van der Waals surface area contributed by atoms with Crippen molar-refractivity contribution in [2.24, 2.45) is 0 Å². The Balaban J connectivity index is 2.39. The minimum atomic E-state index is -0.663. The van der Waals surface area contributed by atoms with E-state index in [1.165, 1.54) is 50.4 Å². The molecule has 0 unspecified atom stereocenters.